The maximum Gasteiger partial charge on any atom is 0.252 e. The molecule has 5 heterocycles. The minimum absolute atomic E-state index is 0.105. The number of carbonyl (C=O) groups excluding carboxylic acids is 1. The van der Waals surface area contributed by atoms with Crippen LogP contribution in [0, 0.1) is 13.8 Å². The number of carbonyl (C=O) groups is 1. The van der Waals surface area contributed by atoms with E-state index in [9.17, 15) is 4.79 Å². The molecule has 1 amide bonds. The van der Waals surface area contributed by atoms with Crippen LogP contribution in [0.4, 0.5) is 17.5 Å². The summed E-state index contributed by atoms with van der Waals surface area (Å²) in [5.74, 6) is 3.96. The van der Waals surface area contributed by atoms with Gasteiger partial charge in [-0.05, 0) is 76.5 Å². The molecule has 0 unspecified atom stereocenters. The molecule has 1 fully saturated rings. The summed E-state index contributed by atoms with van der Waals surface area (Å²) < 4.78 is 7.66. The number of pyridine rings is 1. The molecule has 12 heteroatoms. The van der Waals surface area contributed by atoms with Crippen LogP contribution in [0.5, 0.6) is 0 Å². The second-order valence-electron chi connectivity index (χ2n) is 11.4. The fraction of sp³-hybridized carbons (Fsp3) is 0.467. The first kappa shape index (κ1) is 27.8. The summed E-state index contributed by atoms with van der Waals surface area (Å²) in [7, 11) is 1.63. The SMILES string of the molecule is COC1(C(=O)N[C@@H](C)c2ccc(-n3cc(C)cn3)nc2)CCC(c2nc3c(c(Nc4cc(C)[nH]n4)n2)CCCN3)CC1. The van der Waals surface area contributed by atoms with Crippen molar-refractivity contribution < 1.29 is 9.53 Å². The molecular weight excluding hydrogens is 532 g/mol. The minimum atomic E-state index is -0.898. The van der Waals surface area contributed by atoms with Crippen LogP contribution in [0.25, 0.3) is 5.82 Å². The highest BCUT2D eigenvalue weighted by atomic mass is 16.5. The Labute approximate surface area is 245 Å². The molecule has 0 bridgehead atoms. The summed E-state index contributed by atoms with van der Waals surface area (Å²) in [5.41, 5.74) is 3.15. The molecule has 1 atom stereocenters. The third-order valence-electron chi connectivity index (χ3n) is 8.40. The third-order valence-corrected chi connectivity index (χ3v) is 8.40. The molecule has 1 saturated carbocycles. The second-order valence-corrected chi connectivity index (χ2v) is 11.4. The summed E-state index contributed by atoms with van der Waals surface area (Å²) in [4.78, 5) is 28.0. The first-order valence-electron chi connectivity index (χ1n) is 14.6. The van der Waals surface area contributed by atoms with Gasteiger partial charge in [-0.3, -0.25) is 9.89 Å². The fourth-order valence-corrected chi connectivity index (χ4v) is 5.85. The van der Waals surface area contributed by atoms with Crippen LogP contribution in [-0.2, 0) is 16.0 Å². The predicted molar refractivity (Wildman–Crippen MR) is 159 cm³/mol. The lowest BCUT2D eigenvalue weighted by Gasteiger charge is -2.38. The molecule has 220 valence electrons. The van der Waals surface area contributed by atoms with E-state index in [1.165, 1.54) is 0 Å². The predicted octanol–water partition coefficient (Wildman–Crippen LogP) is 4.42. The number of H-pyrrole nitrogens is 1. The highest BCUT2D eigenvalue weighted by Gasteiger charge is 2.43. The summed E-state index contributed by atoms with van der Waals surface area (Å²) in [6, 6.07) is 5.61. The number of ether oxygens (including phenoxy) is 1. The maximum atomic E-state index is 13.6. The number of anilines is 3. The molecule has 0 radical (unpaired) electrons. The van der Waals surface area contributed by atoms with Gasteiger partial charge in [0.25, 0.3) is 5.91 Å². The van der Waals surface area contributed by atoms with E-state index >= 15 is 0 Å². The Morgan fingerprint density at radius 2 is 2.02 bits per heavy atom. The largest absolute Gasteiger partial charge is 0.370 e. The zero-order valence-electron chi connectivity index (χ0n) is 24.6. The van der Waals surface area contributed by atoms with Crippen LogP contribution in [-0.4, -0.2) is 60.1 Å². The molecule has 0 saturated heterocycles. The molecule has 0 aromatic carbocycles. The Kier molecular flexibility index (Phi) is 7.63. The molecule has 1 aliphatic carbocycles. The van der Waals surface area contributed by atoms with E-state index in [2.05, 4.69) is 36.2 Å². The van der Waals surface area contributed by atoms with Gasteiger partial charge in [0.15, 0.2) is 11.6 Å². The number of fused-ring (bicyclic) bond motifs is 1. The van der Waals surface area contributed by atoms with Gasteiger partial charge in [0.1, 0.15) is 23.1 Å². The monoisotopic (exact) mass is 570 g/mol. The number of aryl methyl sites for hydroxylation is 2. The Bertz CT molecular complexity index is 1550. The number of aromatic amines is 1. The molecule has 2 aliphatic rings. The first-order chi connectivity index (χ1) is 20.3. The number of hydrogen-bond donors (Lipinski definition) is 4. The van der Waals surface area contributed by atoms with Crippen LogP contribution < -0.4 is 16.0 Å². The quantitative estimate of drug-likeness (QED) is 0.242. The maximum absolute atomic E-state index is 13.6. The lowest BCUT2D eigenvalue weighted by atomic mass is 9.77. The van der Waals surface area contributed by atoms with Crippen molar-refractivity contribution in [1.82, 2.24) is 40.2 Å². The third kappa shape index (κ3) is 5.58. The van der Waals surface area contributed by atoms with Crippen molar-refractivity contribution in [2.75, 3.05) is 24.3 Å². The van der Waals surface area contributed by atoms with Crippen molar-refractivity contribution in [2.24, 2.45) is 0 Å². The van der Waals surface area contributed by atoms with Crippen LogP contribution in [0.1, 0.15) is 79.2 Å². The molecule has 12 nitrogen and oxygen atoms in total. The number of hydrogen-bond acceptors (Lipinski definition) is 9. The average Bonchev–Trinajstić information content (AvgIpc) is 3.64. The van der Waals surface area contributed by atoms with Crippen LogP contribution in [0.3, 0.4) is 0 Å². The molecule has 4 aromatic heterocycles. The zero-order valence-corrected chi connectivity index (χ0v) is 24.6. The summed E-state index contributed by atoms with van der Waals surface area (Å²) in [6.45, 7) is 6.81. The summed E-state index contributed by atoms with van der Waals surface area (Å²) in [6.07, 6.45) is 10.1. The van der Waals surface area contributed by atoms with Gasteiger partial charge in [-0.15, -0.1) is 0 Å². The molecule has 0 spiro atoms. The van der Waals surface area contributed by atoms with Gasteiger partial charge in [0.05, 0.1) is 12.2 Å². The van der Waals surface area contributed by atoms with E-state index in [4.69, 9.17) is 14.7 Å². The highest BCUT2D eigenvalue weighted by Crippen LogP contribution is 2.41. The summed E-state index contributed by atoms with van der Waals surface area (Å²) >= 11 is 0. The van der Waals surface area contributed by atoms with Crippen molar-refractivity contribution in [3.05, 3.63) is 65.0 Å². The van der Waals surface area contributed by atoms with E-state index in [0.29, 0.717) is 12.8 Å². The first-order valence-corrected chi connectivity index (χ1v) is 14.6. The van der Waals surface area contributed by atoms with Gasteiger partial charge < -0.3 is 20.7 Å². The number of rotatable bonds is 8. The summed E-state index contributed by atoms with van der Waals surface area (Å²) in [5, 5.41) is 21.6. The number of aromatic nitrogens is 7. The lowest BCUT2D eigenvalue weighted by molar-refractivity contribution is -0.148. The average molecular weight is 571 g/mol. The van der Waals surface area contributed by atoms with Gasteiger partial charge in [-0.1, -0.05) is 6.07 Å². The number of nitrogens with one attached hydrogen (secondary N) is 4. The van der Waals surface area contributed by atoms with Gasteiger partial charge >= 0.3 is 0 Å². The van der Waals surface area contributed by atoms with Crippen molar-refractivity contribution in [1.29, 1.82) is 0 Å². The lowest BCUT2D eigenvalue weighted by Crippen LogP contribution is -2.50. The molecular formula is C30H38N10O2. The number of nitrogens with zero attached hydrogens (tertiary/aromatic N) is 6. The van der Waals surface area contributed by atoms with E-state index in [-0.39, 0.29) is 17.9 Å². The molecule has 4 N–H and O–H groups in total. The van der Waals surface area contributed by atoms with Gasteiger partial charge in [0, 0.05) is 49.3 Å². The standard InChI is InChI=1S/C30H38N10O2/c1-18-15-33-40(17-18)25-8-7-22(16-32-25)20(3)34-29(41)30(42-4)11-9-21(10-12-30)26-36-27-23(6-5-13-31-27)28(37-26)35-24-14-19(2)38-39-24/h7-8,14-17,20-21H,5-6,9-13H2,1-4H3,(H,34,41)(H3,31,35,36,37,38,39)/t20-,21?,30?/m0/s1. The molecule has 4 aromatic rings. The van der Waals surface area contributed by atoms with Crippen LogP contribution in [0.15, 0.2) is 36.8 Å². The van der Waals surface area contributed by atoms with E-state index in [1.807, 2.05) is 45.2 Å². The Morgan fingerprint density at radius 3 is 2.69 bits per heavy atom. The van der Waals surface area contributed by atoms with Crippen LogP contribution in [0.2, 0.25) is 0 Å². The van der Waals surface area contributed by atoms with Gasteiger partial charge in [-0.2, -0.15) is 10.2 Å². The van der Waals surface area contributed by atoms with Gasteiger partial charge in [0.2, 0.25) is 0 Å². The normalized spacial score (nSPS) is 20.8. The number of methoxy groups -OCH3 is 1. The van der Waals surface area contributed by atoms with Crippen LogP contribution >= 0.6 is 0 Å². The minimum Gasteiger partial charge on any atom is -0.370 e. The van der Waals surface area contributed by atoms with E-state index in [0.717, 1.165) is 83.7 Å². The Hall–Kier alpha value is -4.32. The van der Waals surface area contributed by atoms with Crippen molar-refractivity contribution in [3.63, 3.8) is 0 Å². The highest BCUT2D eigenvalue weighted by molar-refractivity contribution is 5.85. The Balaban J connectivity index is 1.13. The number of amides is 1. The fourth-order valence-electron chi connectivity index (χ4n) is 5.85. The second kappa shape index (κ2) is 11.5. The van der Waals surface area contributed by atoms with Crippen molar-refractivity contribution in [3.8, 4) is 5.82 Å². The smallest absolute Gasteiger partial charge is 0.252 e. The molecule has 6 rings (SSSR count). The molecule has 1 aliphatic heterocycles. The molecule has 42 heavy (non-hydrogen) atoms. The topological polar surface area (TPSA) is 148 Å². The van der Waals surface area contributed by atoms with E-state index < -0.39 is 5.60 Å². The van der Waals surface area contributed by atoms with E-state index in [1.54, 1.807) is 24.2 Å². The van der Waals surface area contributed by atoms with Gasteiger partial charge in [-0.25, -0.2) is 19.6 Å². The Morgan fingerprint density at radius 1 is 1.19 bits per heavy atom. The zero-order chi connectivity index (χ0) is 29.3. The van der Waals surface area contributed by atoms with Crippen molar-refractivity contribution >= 4 is 23.4 Å². The van der Waals surface area contributed by atoms with Crippen molar-refractivity contribution in [2.45, 2.75) is 76.9 Å².